The first-order valence-corrected chi connectivity index (χ1v) is 10.8. The minimum Gasteiger partial charge on any atom is -0.497 e. The third kappa shape index (κ3) is 4.25. The smallest absolute Gasteiger partial charge is 0.236 e. The van der Waals surface area contributed by atoms with Crippen LogP contribution in [0.2, 0.25) is 0 Å². The Balaban J connectivity index is 1.43. The maximum atomic E-state index is 12.4. The second-order valence-corrected chi connectivity index (χ2v) is 8.08. The van der Waals surface area contributed by atoms with Crippen molar-refractivity contribution >= 4 is 44.4 Å². The Bertz CT molecular complexity index is 1140. The summed E-state index contributed by atoms with van der Waals surface area (Å²) in [5.41, 5.74) is 1.83. The summed E-state index contributed by atoms with van der Waals surface area (Å²) in [6.45, 7) is 2.76. The van der Waals surface area contributed by atoms with Crippen molar-refractivity contribution < 1.29 is 9.53 Å². The molecule has 0 aliphatic heterocycles. The number of amides is 1. The van der Waals surface area contributed by atoms with Gasteiger partial charge in [-0.3, -0.25) is 4.79 Å². The Labute approximate surface area is 176 Å². The summed E-state index contributed by atoms with van der Waals surface area (Å²) in [6.07, 6.45) is 0. The largest absolute Gasteiger partial charge is 0.497 e. The zero-order valence-electron chi connectivity index (χ0n) is 16.0. The monoisotopic (exact) mass is 425 g/mol. The molecule has 0 radical (unpaired) electrons. The van der Waals surface area contributed by atoms with E-state index in [2.05, 4.69) is 20.5 Å². The Kier molecular flexibility index (Phi) is 5.77. The molecule has 0 atom stereocenters. The first kappa shape index (κ1) is 19.4. The molecule has 2 heterocycles. The molecule has 4 rings (SSSR count). The molecule has 0 unspecified atom stereocenters. The number of hydrogen-bond acceptors (Lipinski definition) is 7. The second-order valence-electron chi connectivity index (χ2n) is 6.11. The lowest BCUT2D eigenvalue weighted by atomic mass is 10.2. The fourth-order valence-corrected chi connectivity index (χ4v) is 4.56. The number of carbonyl (C=O) groups is 1. The number of rotatable bonds is 7. The third-order valence-corrected chi connectivity index (χ3v) is 6.14. The summed E-state index contributed by atoms with van der Waals surface area (Å²) in [4.78, 5) is 16.9. The van der Waals surface area contributed by atoms with Crippen LogP contribution in [0.25, 0.3) is 21.6 Å². The van der Waals surface area contributed by atoms with Gasteiger partial charge in [-0.05, 0) is 25.1 Å². The molecule has 0 aliphatic carbocycles. The van der Waals surface area contributed by atoms with Gasteiger partial charge in [-0.1, -0.05) is 53.4 Å². The Morgan fingerprint density at radius 3 is 2.79 bits per heavy atom. The molecule has 0 saturated heterocycles. The minimum absolute atomic E-state index is 0.132. The van der Waals surface area contributed by atoms with Gasteiger partial charge in [0, 0.05) is 12.1 Å². The fraction of sp³-hybridized carbons (Fsp3) is 0.200. The highest BCUT2D eigenvalue weighted by Crippen LogP contribution is 2.29. The number of nitrogens with zero attached hydrogens (tertiary/aromatic N) is 4. The van der Waals surface area contributed by atoms with Gasteiger partial charge >= 0.3 is 0 Å². The number of hydrogen-bond donors (Lipinski definition) is 1. The average molecular weight is 426 g/mol. The number of nitrogens with one attached hydrogen (secondary N) is 1. The van der Waals surface area contributed by atoms with Gasteiger partial charge in [0.15, 0.2) is 16.1 Å². The van der Waals surface area contributed by atoms with E-state index in [0.717, 1.165) is 39.1 Å². The normalized spacial score (nSPS) is 11.0. The van der Waals surface area contributed by atoms with E-state index in [1.165, 1.54) is 23.1 Å². The number of ether oxygens (including phenoxy) is 1. The quantitative estimate of drug-likeness (QED) is 0.444. The predicted octanol–water partition coefficient (Wildman–Crippen LogP) is 4.31. The van der Waals surface area contributed by atoms with Gasteiger partial charge in [0.1, 0.15) is 5.75 Å². The molecule has 1 N–H and O–H groups in total. The van der Waals surface area contributed by atoms with Crippen molar-refractivity contribution in [3.8, 4) is 17.1 Å². The second kappa shape index (κ2) is 8.62. The van der Waals surface area contributed by atoms with Crippen LogP contribution in [-0.4, -0.2) is 38.5 Å². The van der Waals surface area contributed by atoms with Gasteiger partial charge in [-0.15, -0.1) is 10.2 Å². The van der Waals surface area contributed by atoms with Crippen LogP contribution < -0.4 is 10.1 Å². The van der Waals surface area contributed by atoms with E-state index in [-0.39, 0.29) is 11.7 Å². The van der Waals surface area contributed by atoms with Crippen molar-refractivity contribution in [2.75, 3.05) is 18.2 Å². The van der Waals surface area contributed by atoms with Crippen LogP contribution in [-0.2, 0) is 11.3 Å². The van der Waals surface area contributed by atoms with Crippen LogP contribution >= 0.6 is 23.1 Å². The Morgan fingerprint density at radius 2 is 2.03 bits per heavy atom. The molecule has 0 fully saturated rings. The Morgan fingerprint density at radius 1 is 1.21 bits per heavy atom. The lowest BCUT2D eigenvalue weighted by Gasteiger charge is -2.07. The SMILES string of the molecule is CCn1c(SCC(=O)Nc2nc3ccc(OC)cc3s2)nnc1-c1ccccc1. The number of fused-ring (bicyclic) bond motifs is 1. The molecule has 148 valence electrons. The van der Waals surface area contributed by atoms with E-state index in [4.69, 9.17) is 4.74 Å². The molecular weight excluding hydrogens is 406 g/mol. The zero-order chi connectivity index (χ0) is 20.2. The summed E-state index contributed by atoms with van der Waals surface area (Å²) in [6, 6.07) is 15.5. The topological polar surface area (TPSA) is 81.9 Å². The molecule has 0 saturated carbocycles. The van der Waals surface area contributed by atoms with Crippen molar-refractivity contribution in [3.63, 3.8) is 0 Å². The molecule has 29 heavy (non-hydrogen) atoms. The zero-order valence-corrected chi connectivity index (χ0v) is 17.6. The molecular formula is C20H19N5O2S2. The third-order valence-electron chi connectivity index (χ3n) is 4.24. The van der Waals surface area contributed by atoms with E-state index in [1.54, 1.807) is 7.11 Å². The van der Waals surface area contributed by atoms with Crippen LogP contribution in [0.15, 0.2) is 53.7 Å². The number of carbonyl (C=O) groups excluding carboxylic acids is 1. The van der Waals surface area contributed by atoms with E-state index in [1.807, 2.05) is 60.0 Å². The molecule has 9 heteroatoms. The van der Waals surface area contributed by atoms with Gasteiger partial charge in [0.2, 0.25) is 5.91 Å². The maximum absolute atomic E-state index is 12.4. The summed E-state index contributed by atoms with van der Waals surface area (Å²) in [7, 11) is 1.63. The highest BCUT2D eigenvalue weighted by Gasteiger charge is 2.15. The van der Waals surface area contributed by atoms with Gasteiger partial charge in [0.05, 0.1) is 23.1 Å². The molecule has 0 bridgehead atoms. The summed E-state index contributed by atoms with van der Waals surface area (Å²) in [5.74, 6) is 1.67. The number of benzene rings is 2. The van der Waals surface area contributed by atoms with Crippen LogP contribution in [0.5, 0.6) is 5.75 Å². The van der Waals surface area contributed by atoms with Crippen molar-refractivity contribution in [2.45, 2.75) is 18.6 Å². The average Bonchev–Trinajstić information content (AvgIpc) is 3.35. The number of methoxy groups -OCH3 is 1. The van der Waals surface area contributed by atoms with E-state index in [9.17, 15) is 4.79 Å². The molecule has 2 aromatic carbocycles. The van der Waals surface area contributed by atoms with E-state index in [0.29, 0.717) is 5.13 Å². The molecule has 7 nitrogen and oxygen atoms in total. The van der Waals surface area contributed by atoms with Gasteiger partial charge in [-0.25, -0.2) is 4.98 Å². The molecule has 0 spiro atoms. The van der Waals surface area contributed by atoms with Crippen molar-refractivity contribution in [2.24, 2.45) is 0 Å². The van der Waals surface area contributed by atoms with Gasteiger partial charge in [-0.2, -0.15) is 0 Å². The number of anilines is 1. The molecule has 0 aliphatic rings. The summed E-state index contributed by atoms with van der Waals surface area (Å²) < 4.78 is 8.20. The predicted molar refractivity (Wildman–Crippen MR) is 117 cm³/mol. The van der Waals surface area contributed by atoms with Crippen molar-refractivity contribution in [3.05, 3.63) is 48.5 Å². The minimum atomic E-state index is -0.132. The highest BCUT2D eigenvalue weighted by molar-refractivity contribution is 7.99. The first-order valence-electron chi connectivity index (χ1n) is 9.03. The van der Waals surface area contributed by atoms with Crippen LogP contribution in [0.4, 0.5) is 5.13 Å². The van der Waals surface area contributed by atoms with E-state index < -0.39 is 0 Å². The van der Waals surface area contributed by atoms with Crippen LogP contribution in [0.1, 0.15) is 6.92 Å². The maximum Gasteiger partial charge on any atom is 0.236 e. The first-order chi connectivity index (χ1) is 14.2. The van der Waals surface area contributed by atoms with Gasteiger partial charge < -0.3 is 14.6 Å². The van der Waals surface area contributed by atoms with Crippen molar-refractivity contribution in [1.29, 1.82) is 0 Å². The van der Waals surface area contributed by atoms with Crippen LogP contribution in [0.3, 0.4) is 0 Å². The number of aromatic nitrogens is 4. The fourth-order valence-electron chi connectivity index (χ4n) is 2.85. The lowest BCUT2D eigenvalue weighted by Crippen LogP contribution is -2.14. The standard InChI is InChI=1S/C20H19N5O2S2/c1-3-25-18(13-7-5-4-6-8-13)23-24-20(25)28-12-17(26)22-19-21-15-10-9-14(27-2)11-16(15)29-19/h4-11H,3,12H2,1-2H3,(H,21,22,26). The highest BCUT2D eigenvalue weighted by atomic mass is 32.2. The van der Waals surface area contributed by atoms with Gasteiger partial charge in [0.25, 0.3) is 0 Å². The summed E-state index contributed by atoms with van der Waals surface area (Å²) >= 11 is 2.78. The molecule has 1 amide bonds. The molecule has 2 aromatic heterocycles. The molecule has 4 aromatic rings. The lowest BCUT2D eigenvalue weighted by molar-refractivity contribution is -0.113. The summed E-state index contributed by atoms with van der Waals surface area (Å²) in [5, 5.41) is 12.7. The van der Waals surface area contributed by atoms with E-state index >= 15 is 0 Å². The van der Waals surface area contributed by atoms with Crippen LogP contribution in [0, 0.1) is 0 Å². The number of thiazole rings is 1. The van der Waals surface area contributed by atoms with Crippen molar-refractivity contribution in [1.82, 2.24) is 19.7 Å². The Hall–Kier alpha value is -2.91. The number of thioether (sulfide) groups is 1.